The zero-order valence-corrected chi connectivity index (χ0v) is 20.2. The predicted octanol–water partition coefficient (Wildman–Crippen LogP) is 2.19. The molecule has 190 valence electrons. The van der Waals surface area contributed by atoms with E-state index >= 15 is 0 Å². The molecule has 0 spiro atoms. The molecule has 2 saturated heterocycles. The zero-order chi connectivity index (χ0) is 25.2. The van der Waals surface area contributed by atoms with Crippen molar-refractivity contribution in [3.63, 3.8) is 0 Å². The smallest absolute Gasteiger partial charge is 0.295 e. The predicted molar refractivity (Wildman–Crippen MR) is 128 cm³/mol. The second-order valence-electron chi connectivity index (χ2n) is 8.64. The number of ketones is 1. The minimum atomic E-state index is -0.847. The molecule has 10 heteroatoms. The van der Waals surface area contributed by atoms with E-state index in [-0.39, 0.29) is 18.1 Å². The van der Waals surface area contributed by atoms with Crippen LogP contribution in [0.4, 0.5) is 0 Å². The summed E-state index contributed by atoms with van der Waals surface area (Å²) in [5, 5.41) is 11.3. The largest absolute Gasteiger partial charge is 0.507 e. The number of carbonyl (C=O) groups is 2. The average molecular weight is 497 g/mol. The van der Waals surface area contributed by atoms with E-state index in [2.05, 4.69) is 4.90 Å². The molecule has 0 aromatic heterocycles. The Morgan fingerprint density at radius 1 is 1.06 bits per heavy atom. The topological polar surface area (TPSA) is 107 Å². The van der Waals surface area contributed by atoms with Gasteiger partial charge < -0.3 is 33.7 Å². The molecule has 2 fully saturated rings. The summed E-state index contributed by atoms with van der Waals surface area (Å²) in [5.41, 5.74) is 0.941. The van der Waals surface area contributed by atoms with Gasteiger partial charge in [-0.05, 0) is 29.8 Å². The third kappa shape index (κ3) is 4.33. The Balaban J connectivity index is 1.60. The maximum Gasteiger partial charge on any atom is 0.295 e. The zero-order valence-electron chi connectivity index (χ0n) is 20.2. The standard InChI is InChI=1S/C26H28N2O8/c1-32-18-5-3-4-16(12-18)23(29)21-22(17-13-19(33-2)25-20(14-17)35-15-36-25)28(26(31)24(21)30)7-6-27-8-10-34-11-9-27/h3-5,12-14,22,29H,6-11,15H2,1-2H3/t22-/m1/s1. The van der Waals surface area contributed by atoms with Gasteiger partial charge in [0.2, 0.25) is 12.5 Å². The van der Waals surface area contributed by atoms with Gasteiger partial charge in [-0.3, -0.25) is 14.5 Å². The molecule has 3 heterocycles. The number of benzene rings is 2. The van der Waals surface area contributed by atoms with Gasteiger partial charge in [-0.1, -0.05) is 12.1 Å². The third-order valence-electron chi connectivity index (χ3n) is 6.64. The molecule has 1 N–H and O–H groups in total. The van der Waals surface area contributed by atoms with E-state index in [9.17, 15) is 14.7 Å². The molecular formula is C26H28N2O8. The highest BCUT2D eigenvalue weighted by molar-refractivity contribution is 6.46. The number of hydrogen-bond donors (Lipinski definition) is 1. The van der Waals surface area contributed by atoms with Crippen LogP contribution < -0.4 is 18.9 Å². The molecule has 10 nitrogen and oxygen atoms in total. The second-order valence-corrected chi connectivity index (χ2v) is 8.64. The van der Waals surface area contributed by atoms with Crippen molar-refractivity contribution in [1.29, 1.82) is 0 Å². The summed E-state index contributed by atoms with van der Waals surface area (Å²) in [6.07, 6.45) is 0. The van der Waals surface area contributed by atoms with Crippen molar-refractivity contribution >= 4 is 17.4 Å². The first-order valence-corrected chi connectivity index (χ1v) is 11.7. The van der Waals surface area contributed by atoms with Crippen molar-refractivity contribution in [3.05, 3.63) is 53.1 Å². The van der Waals surface area contributed by atoms with Gasteiger partial charge in [-0.25, -0.2) is 0 Å². The molecule has 0 radical (unpaired) electrons. The monoisotopic (exact) mass is 496 g/mol. The summed E-state index contributed by atoms with van der Waals surface area (Å²) < 4.78 is 27.3. The van der Waals surface area contributed by atoms with Crippen LogP contribution in [0.15, 0.2) is 42.0 Å². The summed E-state index contributed by atoms with van der Waals surface area (Å²) >= 11 is 0. The van der Waals surface area contributed by atoms with Gasteiger partial charge in [0.05, 0.1) is 39.0 Å². The van der Waals surface area contributed by atoms with Crippen LogP contribution in [0.3, 0.4) is 0 Å². The van der Waals surface area contributed by atoms with Crippen LogP contribution in [-0.4, -0.2) is 87.0 Å². The summed E-state index contributed by atoms with van der Waals surface area (Å²) in [4.78, 5) is 30.3. The van der Waals surface area contributed by atoms with Crippen molar-refractivity contribution in [2.24, 2.45) is 0 Å². The van der Waals surface area contributed by atoms with Gasteiger partial charge in [0.1, 0.15) is 11.5 Å². The van der Waals surface area contributed by atoms with Gasteiger partial charge in [-0.2, -0.15) is 0 Å². The molecule has 0 saturated carbocycles. The Kier molecular flexibility index (Phi) is 6.71. The molecule has 1 atom stereocenters. The summed E-state index contributed by atoms with van der Waals surface area (Å²) in [6, 6.07) is 9.32. The van der Waals surface area contributed by atoms with Gasteiger partial charge in [0.25, 0.3) is 11.7 Å². The van der Waals surface area contributed by atoms with Crippen molar-refractivity contribution in [2.45, 2.75) is 6.04 Å². The van der Waals surface area contributed by atoms with Crippen LogP contribution in [0, 0.1) is 0 Å². The number of nitrogens with zero attached hydrogens (tertiary/aromatic N) is 2. The highest BCUT2D eigenvalue weighted by atomic mass is 16.7. The van der Waals surface area contributed by atoms with Crippen LogP contribution >= 0.6 is 0 Å². The molecule has 5 rings (SSSR count). The second kappa shape index (κ2) is 10.1. The number of Topliss-reactive ketones (excluding diaryl/α,β-unsaturated/α-hetero) is 1. The molecule has 0 bridgehead atoms. The molecule has 0 unspecified atom stereocenters. The first kappa shape index (κ1) is 24.0. The Morgan fingerprint density at radius 3 is 2.61 bits per heavy atom. The number of rotatable bonds is 7. The molecule has 2 aromatic carbocycles. The van der Waals surface area contributed by atoms with E-state index in [0.717, 1.165) is 13.1 Å². The molecule has 36 heavy (non-hydrogen) atoms. The number of ether oxygens (including phenoxy) is 5. The van der Waals surface area contributed by atoms with Crippen LogP contribution in [0.25, 0.3) is 5.76 Å². The lowest BCUT2D eigenvalue weighted by atomic mass is 9.94. The van der Waals surface area contributed by atoms with E-state index in [1.54, 1.807) is 36.4 Å². The van der Waals surface area contributed by atoms with Crippen molar-refractivity contribution in [3.8, 4) is 23.0 Å². The Labute approximate surface area is 208 Å². The van der Waals surface area contributed by atoms with E-state index < -0.39 is 17.7 Å². The highest BCUT2D eigenvalue weighted by Gasteiger charge is 2.46. The molecular weight excluding hydrogens is 468 g/mol. The van der Waals surface area contributed by atoms with Gasteiger partial charge in [-0.15, -0.1) is 0 Å². The third-order valence-corrected chi connectivity index (χ3v) is 6.64. The fraction of sp³-hybridized carbons (Fsp3) is 0.385. The van der Waals surface area contributed by atoms with Gasteiger partial charge in [0, 0.05) is 31.7 Å². The first-order chi connectivity index (χ1) is 17.5. The number of amides is 1. The highest BCUT2D eigenvalue weighted by Crippen LogP contribution is 2.47. The average Bonchev–Trinajstić information content (AvgIpc) is 3.49. The summed E-state index contributed by atoms with van der Waals surface area (Å²) in [5.74, 6) is 0.141. The van der Waals surface area contributed by atoms with Crippen molar-refractivity contribution in [1.82, 2.24) is 9.80 Å². The van der Waals surface area contributed by atoms with E-state index in [0.29, 0.717) is 60.4 Å². The molecule has 1 amide bonds. The lowest BCUT2D eigenvalue weighted by molar-refractivity contribution is -0.140. The quantitative estimate of drug-likeness (QED) is 0.351. The van der Waals surface area contributed by atoms with Crippen LogP contribution in [0.1, 0.15) is 17.2 Å². The van der Waals surface area contributed by atoms with Crippen LogP contribution in [0.5, 0.6) is 23.0 Å². The SMILES string of the molecule is COc1cccc(C(O)=C2C(=O)C(=O)N(CCN3CCOCC3)[C@@H]2c2cc(OC)c3c(c2)OCO3)c1. The number of aliphatic hydroxyl groups is 1. The van der Waals surface area contributed by atoms with Crippen LogP contribution in [0.2, 0.25) is 0 Å². The minimum absolute atomic E-state index is 0.00357. The maximum atomic E-state index is 13.3. The lowest BCUT2D eigenvalue weighted by Gasteiger charge is -2.31. The number of morpholine rings is 1. The van der Waals surface area contributed by atoms with Crippen molar-refractivity contribution in [2.75, 3.05) is 60.4 Å². The van der Waals surface area contributed by atoms with E-state index in [4.69, 9.17) is 23.7 Å². The first-order valence-electron chi connectivity index (χ1n) is 11.7. The maximum absolute atomic E-state index is 13.3. The normalized spacial score (nSPS) is 21.2. The van der Waals surface area contributed by atoms with E-state index in [1.165, 1.54) is 19.1 Å². The van der Waals surface area contributed by atoms with Gasteiger partial charge >= 0.3 is 0 Å². The van der Waals surface area contributed by atoms with Crippen molar-refractivity contribution < 1.29 is 38.4 Å². The minimum Gasteiger partial charge on any atom is -0.507 e. The number of likely N-dealkylation sites (tertiary alicyclic amines) is 1. The Hall–Kier alpha value is -3.76. The van der Waals surface area contributed by atoms with Gasteiger partial charge in [0.15, 0.2) is 11.5 Å². The van der Waals surface area contributed by atoms with Crippen LogP contribution in [-0.2, 0) is 14.3 Å². The fourth-order valence-electron chi connectivity index (χ4n) is 4.76. The summed E-state index contributed by atoms with van der Waals surface area (Å²) in [6.45, 7) is 3.63. The molecule has 0 aliphatic carbocycles. The summed E-state index contributed by atoms with van der Waals surface area (Å²) in [7, 11) is 3.02. The fourth-order valence-corrected chi connectivity index (χ4v) is 4.76. The Bertz CT molecular complexity index is 1200. The number of hydrogen-bond acceptors (Lipinski definition) is 9. The lowest BCUT2D eigenvalue weighted by Crippen LogP contribution is -2.42. The molecule has 3 aliphatic rings. The molecule has 3 aliphatic heterocycles. The number of carbonyl (C=O) groups excluding carboxylic acids is 2. The molecule has 2 aromatic rings. The number of methoxy groups -OCH3 is 2. The number of fused-ring (bicyclic) bond motifs is 1. The Morgan fingerprint density at radius 2 is 1.86 bits per heavy atom. The van der Waals surface area contributed by atoms with E-state index in [1.807, 2.05) is 0 Å². The number of aliphatic hydroxyl groups excluding tert-OH is 1.